The summed E-state index contributed by atoms with van der Waals surface area (Å²) >= 11 is 0. The zero-order valence-electron chi connectivity index (χ0n) is 12.8. The summed E-state index contributed by atoms with van der Waals surface area (Å²) in [5.41, 5.74) is 1.41. The van der Waals surface area contributed by atoms with Crippen LogP contribution in [0.15, 0.2) is 47.3 Å². The molecule has 0 radical (unpaired) electrons. The summed E-state index contributed by atoms with van der Waals surface area (Å²) in [6.07, 6.45) is 7.25. The number of hydrogen-bond acceptors (Lipinski definition) is 4. The van der Waals surface area contributed by atoms with E-state index in [2.05, 4.69) is 10.3 Å². The van der Waals surface area contributed by atoms with Gasteiger partial charge in [-0.25, -0.2) is 0 Å². The van der Waals surface area contributed by atoms with Crippen molar-refractivity contribution in [3.05, 3.63) is 48.5 Å². The summed E-state index contributed by atoms with van der Waals surface area (Å²) in [5, 5.41) is 8.74. The number of amides is 1. The van der Waals surface area contributed by atoms with Crippen molar-refractivity contribution in [2.24, 2.45) is 5.92 Å². The largest absolute Gasteiger partial charge is 0.463 e. The third-order valence-corrected chi connectivity index (χ3v) is 4.43. The van der Waals surface area contributed by atoms with Gasteiger partial charge in [-0.2, -0.15) is 0 Å². The maximum atomic E-state index is 12.9. The molecule has 6 nitrogen and oxygen atoms in total. The van der Waals surface area contributed by atoms with Gasteiger partial charge in [-0.3, -0.25) is 9.48 Å². The van der Waals surface area contributed by atoms with Gasteiger partial charge in [-0.15, -0.1) is 5.10 Å². The van der Waals surface area contributed by atoms with Gasteiger partial charge in [0.15, 0.2) is 0 Å². The Morgan fingerprint density at radius 1 is 1.35 bits per heavy atom. The predicted octanol–water partition coefficient (Wildman–Crippen LogP) is 2.58. The standard InChI is InChI=1S/C17H18N4O2/c22-17(15-12-23-16-6-2-1-5-14(15)16)20-8-3-4-13(10-20)11-21-9-7-18-19-21/h1-2,5-7,9,12-13H,3-4,8,10-11H2. The average Bonchev–Trinajstić information content (AvgIpc) is 3.24. The minimum absolute atomic E-state index is 0.0539. The van der Waals surface area contributed by atoms with Gasteiger partial charge in [-0.1, -0.05) is 23.4 Å². The number of rotatable bonds is 3. The lowest BCUT2D eigenvalue weighted by molar-refractivity contribution is 0.0660. The Morgan fingerprint density at radius 2 is 2.26 bits per heavy atom. The van der Waals surface area contributed by atoms with Crippen LogP contribution in [-0.4, -0.2) is 38.9 Å². The second kappa shape index (κ2) is 5.87. The predicted molar refractivity (Wildman–Crippen MR) is 84.9 cm³/mol. The molecular weight excluding hydrogens is 292 g/mol. The van der Waals surface area contributed by atoms with Gasteiger partial charge >= 0.3 is 0 Å². The molecular formula is C17H18N4O2. The molecule has 1 fully saturated rings. The number of benzene rings is 1. The van der Waals surface area contributed by atoms with Crippen molar-refractivity contribution >= 4 is 16.9 Å². The van der Waals surface area contributed by atoms with E-state index < -0.39 is 0 Å². The highest BCUT2D eigenvalue weighted by molar-refractivity contribution is 6.05. The van der Waals surface area contributed by atoms with Crippen molar-refractivity contribution in [2.75, 3.05) is 13.1 Å². The minimum Gasteiger partial charge on any atom is -0.463 e. The van der Waals surface area contributed by atoms with Crippen molar-refractivity contribution in [2.45, 2.75) is 19.4 Å². The van der Waals surface area contributed by atoms with Gasteiger partial charge < -0.3 is 9.32 Å². The second-order valence-corrected chi connectivity index (χ2v) is 6.03. The van der Waals surface area contributed by atoms with Crippen LogP contribution >= 0.6 is 0 Å². The zero-order chi connectivity index (χ0) is 15.6. The number of furan rings is 1. The number of piperidine rings is 1. The third kappa shape index (κ3) is 2.72. The molecule has 6 heteroatoms. The molecule has 118 valence electrons. The van der Waals surface area contributed by atoms with Crippen LogP contribution in [-0.2, 0) is 6.54 Å². The fourth-order valence-corrected chi connectivity index (χ4v) is 3.31. The summed E-state index contributed by atoms with van der Waals surface area (Å²) in [5.74, 6) is 0.464. The van der Waals surface area contributed by atoms with Crippen LogP contribution in [0.3, 0.4) is 0 Å². The summed E-state index contributed by atoms with van der Waals surface area (Å²) < 4.78 is 7.34. The molecule has 1 unspecified atom stereocenters. The second-order valence-electron chi connectivity index (χ2n) is 6.03. The molecule has 1 aliphatic rings. The number of carbonyl (C=O) groups is 1. The van der Waals surface area contributed by atoms with Crippen molar-refractivity contribution in [3.63, 3.8) is 0 Å². The lowest BCUT2D eigenvalue weighted by atomic mass is 9.97. The Bertz CT molecular complexity index is 809. The number of fused-ring (bicyclic) bond motifs is 1. The molecule has 1 amide bonds. The van der Waals surface area contributed by atoms with Gasteiger partial charge in [0, 0.05) is 31.2 Å². The minimum atomic E-state index is 0.0539. The Labute approximate surface area is 133 Å². The van der Waals surface area contributed by atoms with Gasteiger partial charge in [0.25, 0.3) is 5.91 Å². The molecule has 2 aromatic heterocycles. The smallest absolute Gasteiger partial charge is 0.257 e. The molecule has 0 saturated carbocycles. The average molecular weight is 310 g/mol. The lowest BCUT2D eigenvalue weighted by Gasteiger charge is -2.32. The number of carbonyl (C=O) groups excluding carboxylic acids is 1. The topological polar surface area (TPSA) is 64.2 Å². The third-order valence-electron chi connectivity index (χ3n) is 4.43. The monoisotopic (exact) mass is 310 g/mol. The highest BCUT2D eigenvalue weighted by Gasteiger charge is 2.26. The number of hydrogen-bond donors (Lipinski definition) is 0. The molecule has 1 aliphatic heterocycles. The van der Waals surface area contributed by atoms with Crippen LogP contribution in [0, 0.1) is 5.92 Å². The Hall–Kier alpha value is -2.63. The molecule has 23 heavy (non-hydrogen) atoms. The number of likely N-dealkylation sites (tertiary alicyclic amines) is 1. The van der Waals surface area contributed by atoms with Crippen molar-refractivity contribution in [1.29, 1.82) is 0 Å². The maximum absolute atomic E-state index is 12.9. The number of aromatic nitrogens is 3. The first kappa shape index (κ1) is 14.0. The van der Waals surface area contributed by atoms with Crippen molar-refractivity contribution in [1.82, 2.24) is 19.9 Å². The lowest BCUT2D eigenvalue weighted by Crippen LogP contribution is -2.41. The van der Waals surface area contributed by atoms with Crippen LogP contribution in [0.25, 0.3) is 11.0 Å². The Balaban J connectivity index is 1.51. The van der Waals surface area contributed by atoms with Crippen LogP contribution in [0.1, 0.15) is 23.2 Å². The molecule has 4 rings (SSSR count). The van der Waals surface area contributed by atoms with Crippen molar-refractivity contribution < 1.29 is 9.21 Å². The van der Waals surface area contributed by atoms with E-state index in [9.17, 15) is 4.79 Å². The fraction of sp³-hybridized carbons (Fsp3) is 0.353. The highest BCUT2D eigenvalue weighted by Crippen LogP contribution is 2.25. The Kier molecular flexibility index (Phi) is 3.57. The summed E-state index contributed by atoms with van der Waals surface area (Å²) in [6.45, 7) is 2.35. The number of para-hydroxylation sites is 1. The van der Waals surface area contributed by atoms with E-state index in [4.69, 9.17) is 4.42 Å². The summed E-state index contributed by atoms with van der Waals surface area (Å²) in [4.78, 5) is 14.8. The van der Waals surface area contributed by atoms with E-state index in [0.29, 0.717) is 11.5 Å². The highest BCUT2D eigenvalue weighted by atomic mass is 16.3. The number of nitrogens with zero attached hydrogens (tertiary/aromatic N) is 4. The molecule has 0 N–H and O–H groups in total. The molecule has 1 atom stereocenters. The first-order chi connectivity index (χ1) is 11.3. The molecule has 3 aromatic rings. The van der Waals surface area contributed by atoms with Crippen molar-refractivity contribution in [3.8, 4) is 0 Å². The maximum Gasteiger partial charge on any atom is 0.257 e. The molecule has 0 spiro atoms. The molecule has 3 heterocycles. The van der Waals surface area contributed by atoms with E-state index in [1.807, 2.05) is 40.0 Å². The van der Waals surface area contributed by atoms with Gasteiger partial charge in [0.05, 0.1) is 11.8 Å². The van der Waals surface area contributed by atoms with Crippen LogP contribution < -0.4 is 0 Å². The summed E-state index contributed by atoms with van der Waals surface area (Å²) in [7, 11) is 0. The first-order valence-corrected chi connectivity index (χ1v) is 7.91. The van der Waals surface area contributed by atoms with E-state index in [1.165, 1.54) is 0 Å². The SMILES string of the molecule is O=C(c1coc2ccccc12)N1CCCC(Cn2ccnn2)C1. The molecule has 1 saturated heterocycles. The quantitative estimate of drug-likeness (QED) is 0.746. The van der Waals surface area contributed by atoms with E-state index >= 15 is 0 Å². The van der Waals surface area contributed by atoms with Gasteiger partial charge in [0.1, 0.15) is 11.8 Å². The van der Waals surface area contributed by atoms with E-state index in [0.717, 1.165) is 43.4 Å². The van der Waals surface area contributed by atoms with Gasteiger partial charge in [-0.05, 0) is 24.8 Å². The normalized spacial score (nSPS) is 18.4. The Morgan fingerprint density at radius 3 is 3.13 bits per heavy atom. The molecule has 0 bridgehead atoms. The van der Waals surface area contributed by atoms with E-state index in [-0.39, 0.29) is 5.91 Å². The van der Waals surface area contributed by atoms with Crippen LogP contribution in [0.2, 0.25) is 0 Å². The zero-order valence-corrected chi connectivity index (χ0v) is 12.8. The summed E-state index contributed by atoms with van der Waals surface area (Å²) in [6, 6.07) is 7.66. The first-order valence-electron chi connectivity index (χ1n) is 7.91. The molecule has 0 aliphatic carbocycles. The van der Waals surface area contributed by atoms with Crippen LogP contribution in [0.4, 0.5) is 0 Å². The van der Waals surface area contributed by atoms with Gasteiger partial charge in [0.2, 0.25) is 0 Å². The van der Waals surface area contributed by atoms with Crippen LogP contribution in [0.5, 0.6) is 0 Å². The molecule has 1 aromatic carbocycles. The fourth-order valence-electron chi connectivity index (χ4n) is 3.31. The van der Waals surface area contributed by atoms with E-state index in [1.54, 1.807) is 12.5 Å².